The number of aromatic nitrogens is 1. The number of ether oxygens (including phenoxy) is 1. The third-order valence-electron chi connectivity index (χ3n) is 1.85. The largest absolute Gasteiger partial charge is 0.495 e. The van der Waals surface area contributed by atoms with Gasteiger partial charge in [-0.05, 0) is 0 Å². The molecule has 1 aromatic heterocycles. The highest BCUT2D eigenvalue weighted by Gasteiger charge is 2.20. The number of nitrogens with zero attached hydrogens (tertiary/aromatic N) is 2. The molecule has 0 saturated carbocycles. The molecule has 0 aromatic carbocycles. The summed E-state index contributed by atoms with van der Waals surface area (Å²) in [6, 6.07) is 1.66. The number of pyridine rings is 1. The quantitative estimate of drug-likeness (QED) is 0.753. The highest BCUT2D eigenvalue weighted by atomic mass is 35.5. The van der Waals surface area contributed by atoms with Crippen LogP contribution in [0, 0.1) is 11.3 Å². The molecule has 6 heteroatoms. The average molecular weight is 233 g/mol. The summed E-state index contributed by atoms with van der Waals surface area (Å²) in [6.07, 6.45) is -1.66. The molecule has 15 heavy (non-hydrogen) atoms. The van der Waals surface area contributed by atoms with Crippen LogP contribution in [-0.4, -0.2) is 12.1 Å². The van der Waals surface area contributed by atoms with Crippen molar-refractivity contribution in [2.24, 2.45) is 0 Å². The van der Waals surface area contributed by atoms with E-state index in [-0.39, 0.29) is 22.8 Å². The smallest absolute Gasteiger partial charge is 0.281 e. The molecular formula is C9H7ClF2N2O. The molecule has 0 unspecified atom stereocenters. The predicted molar refractivity (Wildman–Crippen MR) is 50.0 cm³/mol. The molecule has 0 saturated heterocycles. The Balaban J connectivity index is 3.43. The van der Waals surface area contributed by atoms with Crippen molar-refractivity contribution in [3.05, 3.63) is 23.0 Å². The van der Waals surface area contributed by atoms with Gasteiger partial charge < -0.3 is 4.74 Å². The molecule has 0 fully saturated rings. The molecule has 1 heterocycles. The number of hydrogen-bond donors (Lipinski definition) is 0. The van der Waals surface area contributed by atoms with Crippen LogP contribution in [-0.2, 0) is 5.88 Å². The van der Waals surface area contributed by atoms with Crippen LogP contribution in [0.3, 0.4) is 0 Å². The van der Waals surface area contributed by atoms with Crippen LogP contribution in [0.5, 0.6) is 5.75 Å². The first-order valence-corrected chi connectivity index (χ1v) is 4.49. The van der Waals surface area contributed by atoms with Crippen LogP contribution in [0.25, 0.3) is 0 Å². The number of alkyl halides is 3. The third kappa shape index (κ3) is 2.16. The average Bonchev–Trinajstić information content (AvgIpc) is 2.26. The first-order chi connectivity index (χ1) is 7.15. The Morgan fingerprint density at radius 1 is 1.67 bits per heavy atom. The maximum Gasteiger partial charge on any atom is 0.281 e. The second-order valence-corrected chi connectivity index (χ2v) is 2.88. The summed E-state index contributed by atoms with van der Waals surface area (Å²) < 4.78 is 29.8. The van der Waals surface area contributed by atoms with Gasteiger partial charge in [-0.2, -0.15) is 5.26 Å². The SMILES string of the molecule is COc1cnc(C(F)F)c(C#N)c1CCl. The second-order valence-electron chi connectivity index (χ2n) is 2.61. The summed E-state index contributed by atoms with van der Waals surface area (Å²) in [7, 11) is 1.36. The lowest BCUT2D eigenvalue weighted by atomic mass is 10.1. The minimum atomic E-state index is -2.80. The van der Waals surface area contributed by atoms with E-state index in [2.05, 4.69) is 4.98 Å². The number of halogens is 3. The second kappa shape index (κ2) is 4.89. The first-order valence-electron chi connectivity index (χ1n) is 3.95. The van der Waals surface area contributed by atoms with E-state index >= 15 is 0 Å². The number of methoxy groups -OCH3 is 1. The van der Waals surface area contributed by atoms with Gasteiger partial charge in [0.15, 0.2) is 0 Å². The molecule has 0 spiro atoms. The van der Waals surface area contributed by atoms with Gasteiger partial charge in [0.25, 0.3) is 6.43 Å². The lowest BCUT2D eigenvalue weighted by molar-refractivity contribution is 0.145. The monoisotopic (exact) mass is 232 g/mol. The zero-order valence-corrected chi connectivity index (χ0v) is 8.55. The standard InChI is InChI=1S/C9H7ClF2N2O/c1-15-7-4-14-8(9(11)12)6(3-13)5(7)2-10/h4,9H,2H2,1H3. The Morgan fingerprint density at radius 3 is 2.73 bits per heavy atom. The van der Waals surface area contributed by atoms with Gasteiger partial charge in [0.1, 0.15) is 17.5 Å². The number of nitriles is 1. The van der Waals surface area contributed by atoms with Crippen molar-refractivity contribution >= 4 is 11.6 Å². The van der Waals surface area contributed by atoms with E-state index in [1.165, 1.54) is 7.11 Å². The molecule has 1 rings (SSSR count). The highest BCUT2D eigenvalue weighted by Crippen LogP contribution is 2.29. The zero-order valence-electron chi connectivity index (χ0n) is 7.80. The zero-order chi connectivity index (χ0) is 11.4. The maximum absolute atomic E-state index is 12.5. The molecular weight excluding hydrogens is 226 g/mol. The van der Waals surface area contributed by atoms with Crippen molar-refractivity contribution in [3.63, 3.8) is 0 Å². The topological polar surface area (TPSA) is 45.9 Å². The molecule has 0 aliphatic heterocycles. The van der Waals surface area contributed by atoms with Crippen LogP contribution in [0.2, 0.25) is 0 Å². The summed E-state index contributed by atoms with van der Waals surface area (Å²) >= 11 is 5.57. The normalized spacial score (nSPS) is 10.1. The van der Waals surface area contributed by atoms with Crippen molar-refractivity contribution < 1.29 is 13.5 Å². The Bertz CT molecular complexity index is 404. The summed E-state index contributed by atoms with van der Waals surface area (Å²) in [6.45, 7) is 0. The van der Waals surface area contributed by atoms with E-state index in [0.717, 1.165) is 6.20 Å². The van der Waals surface area contributed by atoms with Gasteiger partial charge in [-0.1, -0.05) is 0 Å². The summed E-state index contributed by atoms with van der Waals surface area (Å²) in [4.78, 5) is 3.47. The molecule has 0 atom stereocenters. The minimum absolute atomic E-state index is 0.0751. The van der Waals surface area contributed by atoms with Crippen molar-refractivity contribution in [2.45, 2.75) is 12.3 Å². The van der Waals surface area contributed by atoms with Crippen LogP contribution in [0.1, 0.15) is 23.2 Å². The lowest BCUT2D eigenvalue weighted by Gasteiger charge is -2.10. The molecule has 0 aliphatic carbocycles. The van der Waals surface area contributed by atoms with E-state index in [0.29, 0.717) is 0 Å². The van der Waals surface area contributed by atoms with Crippen LogP contribution in [0.4, 0.5) is 8.78 Å². The third-order valence-corrected chi connectivity index (χ3v) is 2.12. The Hall–Kier alpha value is -1.41. The van der Waals surface area contributed by atoms with E-state index < -0.39 is 12.1 Å². The summed E-state index contributed by atoms with van der Waals surface area (Å²) in [5.74, 6) is 0.167. The molecule has 0 amide bonds. The van der Waals surface area contributed by atoms with Crippen LogP contribution in [0.15, 0.2) is 6.20 Å². The lowest BCUT2D eigenvalue weighted by Crippen LogP contribution is -2.02. The van der Waals surface area contributed by atoms with Crippen molar-refractivity contribution in [3.8, 4) is 11.8 Å². The van der Waals surface area contributed by atoms with Gasteiger partial charge in [-0.3, -0.25) is 0 Å². The molecule has 3 nitrogen and oxygen atoms in total. The fourth-order valence-corrected chi connectivity index (χ4v) is 1.41. The molecule has 80 valence electrons. The summed E-state index contributed by atoms with van der Waals surface area (Å²) in [5, 5.41) is 8.76. The van der Waals surface area contributed by atoms with E-state index in [9.17, 15) is 8.78 Å². The number of hydrogen-bond acceptors (Lipinski definition) is 3. The molecule has 1 aromatic rings. The van der Waals surface area contributed by atoms with E-state index in [4.69, 9.17) is 21.6 Å². The number of rotatable bonds is 3. The van der Waals surface area contributed by atoms with Crippen molar-refractivity contribution in [1.29, 1.82) is 5.26 Å². The molecule has 0 radical (unpaired) electrons. The van der Waals surface area contributed by atoms with Gasteiger partial charge in [0.05, 0.1) is 24.8 Å². The van der Waals surface area contributed by atoms with Gasteiger partial charge in [-0.25, -0.2) is 13.8 Å². The highest BCUT2D eigenvalue weighted by molar-refractivity contribution is 6.17. The van der Waals surface area contributed by atoms with Gasteiger partial charge in [-0.15, -0.1) is 11.6 Å². The summed E-state index contributed by atoms with van der Waals surface area (Å²) in [5.41, 5.74) is -0.528. The van der Waals surface area contributed by atoms with E-state index in [1.54, 1.807) is 6.07 Å². The van der Waals surface area contributed by atoms with E-state index in [1.807, 2.05) is 0 Å². The molecule has 0 aliphatic rings. The maximum atomic E-state index is 12.5. The predicted octanol–water partition coefficient (Wildman–Crippen LogP) is 2.64. The Kier molecular flexibility index (Phi) is 3.81. The first kappa shape index (κ1) is 11.7. The Morgan fingerprint density at radius 2 is 2.33 bits per heavy atom. The van der Waals surface area contributed by atoms with Gasteiger partial charge in [0, 0.05) is 5.56 Å². The van der Waals surface area contributed by atoms with Gasteiger partial charge in [0.2, 0.25) is 0 Å². The fraction of sp³-hybridized carbons (Fsp3) is 0.333. The molecule has 0 bridgehead atoms. The van der Waals surface area contributed by atoms with Crippen molar-refractivity contribution in [1.82, 2.24) is 4.98 Å². The van der Waals surface area contributed by atoms with Crippen LogP contribution < -0.4 is 4.74 Å². The Labute approximate surface area is 90.3 Å². The minimum Gasteiger partial charge on any atom is -0.495 e. The molecule has 0 N–H and O–H groups in total. The van der Waals surface area contributed by atoms with Crippen molar-refractivity contribution in [2.75, 3.05) is 7.11 Å². The van der Waals surface area contributed by atoms with Gasteiger partial charge >= 0.3 is 0 Å². The van der Waals surface area contributed by atoms with Crippen LogP contribution >= 0.6 is 11.6 Å². The fourth-order valence-electron chi connectivity index (χ4n) is 1.15.